The van der Waals surface area contributed by atoms with Gasteiger partial charge in [-0.05, 0) is 36.6 Å². The van der Waals surface area contributed by atoms with E-state index < -0.39 is 0 Å². The Morgan fingerprint density at radius 3 is 2.93 bits per heavy atom. The summed E-state index contributed by atoms with van der Waals surface area (Å²) in [6.45, 7) is 1.13. The molecule has 136 valence electrons. The van der Waals surface area contributed by atoms with Crippen LogP contribution in [0.4, 0.5) is 0 Å². The Morgan fingerprint density at radius 1 is 1.22 bits per heavy atom. The average Bonchev–Trinajstić information content (AvgIpc) is 3.52. The summed E-state index contributed by atoms with van der Waals surface area (Å²) < 4.78 is 1.40. The topological polar surface area (TPSA) is 81.0 Å². The molecular formula is C20H19N5O2. The van der Waals surface area contributed by atoms with Crippen LogP contribution in [0.25, 0.3) is 11.0 Å². The summed E-state index contributed by atoms with van der Waals surface area (Å²) in [7, 11) is 0. The molecule has 3 aromatic rings. The summed E-state index contributed by atoms with van der Waals surface area (Å²) in [4.78, 5) is 40.1. The molecule has 0 radical (unpaired) electrons. The maximum Gasteiger partial charge on any atom is 0.254 e. The van der Waals surface area contributed by atoms with Crippen molar-refractivity contribution in [2.24, 2.45) is 0 Å². The minimum absolute atomic E-state index is 0.0225. The quantitative estimate of drug-likeness (QED) is 0.709. The normalized spacial score (nSPS) is 16.4. The number of rotatable bonds is 3. The number of nitrogens with zero attached hydrogens (tertiary/aromatic N) is 5. The fourth-order valence-electron chi connectivity index (χ4n) is 3.58. The second-order valence-corrected chi connectivity index (χ2v) is 7.26. The van der Waals surface area contributed by atoms with Gasteiger partial charge in [0.2, 0.25) is 5.91 Å². The van der Waals surface area contributed by atoms with Crippen molar-refractivity contribution in [3.05, 3.63) is 64.1 Å². The van der Waals surface area contributed by atoms with Crippen LogP contribution in [0, 0.1) is 0 Å². The van der Waals surface area contributed by atoms with E-state index in [0.717, 1.165) is 40.8 Å². The van der Waals surface area contributed by atoms with Crippen molar-refractivity contribution in [2.45, 2.75) is 38.3 Å². The van der Waals surface area contributed by atoms with E-state index in [1.165, 1.54) is 10.9 Å². The van der Waals surface area contributed by atoms with Crippen molar-refractivity contribution in [3.8, 4) is 0 Å². The van der Waals surface area contributed by atoms with Crippen LogP contribution in [0.3, 0.4) is 0 Å². The number of aromatic nitrogens is 4. The molecule has 7 heteroatoms. The van der Waals surface area contributed by atoms with Gasteiger partial charge in [0, 0.05) is 48.8 Å². The second kappa shape index (κ2) is 6.26. The first kappa shape index (κ1) is 16.1. The molecule has 0 saturated heterocycles. The maximum atomic E-state index is 12.7. The van der Waals surface area contributed by atoms with E-state index in [1.54, 1.807) is 17.2 Å². The highest BCUT2D eigenvalue weighted by Crippen LogP contribution is 2.38. The van der Waals surface area contributed by atoms with Gasteiger partial charge in [0.1, 0.15) is 6.54 Å². The van der Waals surface area contributed by atoms with Crippen LogP contribution in [0.5, 0.6) is 0 Å². The highest BCUT2D eigenvalue weighted by atomic mass is 16.2. The second-order valence-electron chi connectivity index (χ2n) is 7.26. The van der Waals surface area contributed by atoms with E-state index in [4.69, 9.17) is 0 Å². The lowest BCUT2D eigenvalue weighted by Crippen LogP contribution is -2.40. The van der Waals surface area contributed by atoms with Gasteiger partial charge in [-0.25, -0.2) is 15.0 Å². The van der Waals surface area contributed by atoms with Gasteiger partial charge < -0.3 is 4.90 Å². The zero-order valence-electron chi connectivity index (χ0n) is 14.8. The predicted molar refractivity (Wildman–Crippen MR) is 99.1 cm³/mol. The van der Waals surface area contributed by atoms with Gasteiger partial charge in [0.15, 0.2) is 5.65 Å². The van der Waals surface area contributed by atoms with Crippen LogP contribution in [0.2, 0.25) is 0 Å². The van der Waals surface area contributed by atoms with E-state index in [2.05, 4.69) is 21.0 Å². The molecule has 0 N–H and O–H groups in total. The SMILES string of the molecule is O=C(Cn1cnc(C2CC2)cc1=O)N1CCc2nc3ncccc3cc2C1. The molecule has 0 aromatic carbocycles. The molecule has 0 atom stereocenters. The molecule has 1 aliphatic heterocycles. The number of fused-ring (bicyclic) bond motifs is 2. The lowest BCUT2D eigenvalue weighted by molar-refractivity contribution is -0.132. The van der Waals surface area contributed by atoms with E-state index in [0.29, 0.717) is 25.4 Å². The Balaban J connectivity index is 1.34. The number of hydrogen-bond acceptors (Lipinski definition) is 5. The Bertz CT molecular complexity index is 1100. The molecule has 7 nitrogen and oxygen atoms in total. The van der Waals surface area contributed by atoms with Crippen molar-refractivity contribution in [1.29, 1.82) is 0 Å². The van der Waals surface area contributed by atoms with E-state index in [1.807, 2.05) is 12.1 Å². The summed E-state index contributed by atoms with van der Waals surface area (Å²) in [5.41, 5.74) is 3.48. The third-order valence-electron chi connectivity index (χ3n) is 5.29. The van der Waals surface area contributed by atoms with Crippen molar-refractivity contribution < 1.29 is 4.79 Å². The lowest BCUT2D eigenvalue weighted by Gasteiger charge is -2.28. The van der Waals surface area contributed by atoms with E-state index in [-0.39, 0.29) is 18.0 Å². The standard InChI is InChI=1S/C20H19N5O2/c26-18-9-17(13-3-4-13)22-12-25(18)11-19(27)24-7-5-16-15(10-24)8-14-2-1-6-21-20(14)23-16/h1-2,6,8-9,12-13H,3-5,7,10-11H2. The van der Waals surface area contributed by atoms with Crippen molar-refractivity contribution in [2.75, 3.05) is 6.54 Å². The molecule has 4 heterocycles. The first-order valence-electron chi connectivity index (χ1n) is 9.25. The minimum atomic E-state index is -0.156. The lowest BCUT2D eigenvalue weighted by atomic mass is 10.0. The molecule has 1 saturated carbocycles. The van der Waals surface area contributed by atoms with E-state index >= 15 is 0 Å². The number of hydrogen-bond donors (Lipinski definition) is 0. The van der Waals surface area contributed by atoms with Gasteiger partial charge in [-0.1, -0.05) is 0 Å². The summed E-state index contributed by atoms with van der Waals surface area (Å²) in [6.07, 6.45) is 6.14. The van der Waals surface area contributed by atoms with Gasteiger partial charge in [-0.15, -0.1) is 0 Å². The number of carbonyl (C=O) groups excluding carboxylic acids is 1. The third kappa shape index (κ3) is 3.09. The summed E-state index contributed by atoms with van der Waals surface area (Å²) >= 11 is 0. The molecular weight excluding hydrogens is 342 g/mol. The third-order valence-corrected chi connectivity index (χ3v) is 5.29. The molecule has 5 rings (SSSR count). The Kier molecular flexibility index (Phi) is 3.74. The van der Waals surface area contributed by atoms with Crippen LogP contribution >= 0.6 is 0 Å². The van der Waals surface area contributed by atoms with Gasteiger partial charge in [-0.2, -0.15) is 0 Å². The number of carbonyl (C=O) groups is 1. The molecule has 1 amide bonds. The molecule has 27 heavy (non-hydrogen) atoms. The number of pyridine rings is 2. The fourth-order valence-corrected chi connectivity index (χ4v) is 3.58. The molecule has 3 aromatic heterocycles. The van der Waals surface area contributed by atoms with Crippen LogP contribution in [-0.4, -0.2) is 36.9 Å². The Hall–Kier alpha value is -3.09. The minimum Gasteiger partial charge on any atom is -0.336 e. The summed E-state index contributed by atoms with van der Waals surface area (Å²) in [6, 6.07) is 7.48. The molecule has 0 bridgehead atoms. The monoisotopic (exact) mass is 361 g/mol. The van der Waals surface area contributed by atoms with E-state index in [9.17, 15) is 9.59 Å². The van der Waals surface area contributed by atoms with Gasteiger partial charge in [-0.3, -0.25) is 14.2 Å². The zero-order valence-corrected chi connectivity index (χ0v) is 14.8. The van der Waals surface area contributed by atoms with Crippen molar-refractivity contribution in [1.82, 2.24) is 24.4 Å². The predicted octanol–water partition coefficient (Wildman–Crippen LogP) is 1.65. The summed E-state index contributed by atoms with van der Waals surface area (Å²) in [5.74, 6) is 0.355. The highest BCUT2D eigenvalue weighted by Gasteiger charge is 2.26. The molecule has 0 spiro atoms. The van der Waals surface area contributed by atoms with Crippen LogP contribution in [0.15, 0.2) is 41.6 Å². The zero-order chi connectivity index (χ0) is 18.4. The van der Waals surface area contributed by atoms with Gasteiger partial charge >= 0.3 is 0 Å². The van der Waals surface area contributed by atoms with Crippen LogP contribution in [0.1, 0.15) is 35.7 Å². The smallest absolute Gasteiger partial charge is 0.254 e. The Morgan fingerprint density at radius 2 is 2.11 bits per heavy atom. The van der Waals surface area contributed by atoms with Gasteiger partial charge in [0.05, 0.1) is 12.0 Å². The van der Waals surface area contributed by atoms with Gasteiger partial charge in [0.25, 0.3) is 5.56 Å². The first-order valence-corrected chi connectivity index (χ1v) is 9.25. The van der Waals surface area contributed by atoms with Crippen molar-refractivity contribution in [3.63, 3.8) is 0 Å². The molecule has 0 unspecified atom stereocenters. The summed E-state index contributed by atoms with van der Waals surface area (Å²) in [5, 5.41) is 0.974. The first-order chi connectivity index (χ1) is 13.2. The van der Waals surface area contributed by atoms with Crippen molar-refractivity contribution >= 4 is 16.9 Å². The average molecular weight is 361 g/mol. The number of amides is 1. The molecule has 2 aliphatic rings. The fraction of sp³-hybridized carbons (Fsp3) is 0.350. The van der Waals surface area contributed by atoms with Crippen LogP contribution in [-0.2, 0) is 24.3 Å². The Labute approximate surface area is 155 Å². The van der Waals surface area contributed by atoms with Crippen LogP contribution < -0.4 is 5.56 Å². The maximum absolute atomic E-state index is 12.7. The largest absolute Gasteiger partial charge is 0.336 e. The molecule has 1 aliphatic carbocycles. The highest BCUT2D eigenvalue weighted by molar-refractivity contribution is 5.78. The molecule has 1 fully saturated rings.